The average Bonchev–Trinajstić information content (AvgIpc) is 2.66. The third-order valence-corrected chi connectivity index (χ3v) is 2.35. The molecule has 1 rings (SSSR count). The number of aryl methyl sites for hydroxylation is 1. The van der Waals surface area contributed by atoms with Crippen molar-refractivity contribution >= 4 is 11.9 Å². The topological polar surface area (TPSA) is 84.7 Å². The number of carboxylic acids is 1. The van der Waals surface area contributed by atoms with E-state index >= 15 is 0 Å². The van der Waals surface area contributed by atoms with E-state index in [1.54, 1.807) is 7.05 Å². The van der Waals surface area contributed by atoms with Crippen LogP contribution in [0.25, 0.3) is 0 Å². The summed E-state index contributed by atoms with van der Waals surface area (Å²) < 4.78 is 6.02. The Morgan fingerprint density at radius 3 is 2.76 bits per heavy atom. The molecule has 1 aromatic rings. The maximum atomic E-state index is 11.9. The molecule has 94 valence electrons. The van der Waals surface area contributed by atoms with Crippen molar-refractivity contribution in [1.82, 2.24) is 14.7 Å². The van der Waals surface area contributed by atoms with Crippen LogP contribution in [0.2, 0.25) is 0 Å². The minimum Gasteiger partial charge on any atom is -0.477 e. The zero-order valence-electron chi connectivity index (χ0n) is 10.0. The van der Waals surface area contributed by atoms with Crippen molar-refractivity contribution in [3.05, 3.63) is 17.5 Å². The molecule has 0 fully saturated rings. The summed E-state index contributed by atoms with van der Waals surface area (Å²) in [6, 6.07) is 0. The summed E-state index contributed by atoms with van der Waals surface area (Å²) in [4.78, 5) is 24.3. The molecule has 0 aliphatic heterocycles. The van der Waals surface area contributed by atoms with Gasteiger partial charge in [0, 0.05) is 27.7 Å². The summed E-state index contributed by atoms with van der Waals surface area (Å²) in [6.45, 7) is 0.786. The number of aromatic nitrogens is 2. The summed E-state index contributed by atoms with van der Waals surface area (Å²) >= 11 is 0. The highest BCUT2D eigenvalue weighted by Crippen LogP contribution is 2.10. The number of nitrogens with zero attached hydrogens (tertiary/aromatic N) is 3. The molecule has 0 bridgehead atoms. The van der Waals surface area contributed by atoms with Crippen molar-refractivity contribution in [2.24, 2.45) is 7.05 Å². The molecule has 0 aromatic carbocycles. The van der Waals surface area contributed by atoms with E-state index in [1.165, 1.54) is 29.9 Å². The quantitative estimate of drug-likeness (QED) is 0.774. The van der Waals surface area contributed by atoms with Gasteiger partial charge in [-0.15, -0.1) is 0 Å². The van der Waals surface area contributed by atoms with Crippen molar-refractivity contribution in [3.63, 3.8) is 0 Å². The van der Waals surface area contributed by atoms with Crippen LogP contribution < -0.4 is 0 Å². The fourth-order valence-corrected chi connectivity index (χ4v) is 1.38. The van der Waals surface area contributed by atoms with E-state index in [1.807, 2.05) is 0 Å². The first-order chi connectivity index (χ1) is 7.99. The Labute approximate surface area is 98.6 Å². The Kier molecular flexibility index (Phi) is 4.22. The third-order valence-electron chi connectivity index (χ3n) is 2.35. The average molecular weight is 241 g/mol. The van der Waals surface area contributed by atoms with Gasteiger partial charge in [-0.3, -0.25) is 9.48 Å². The van der Waals surface area contributed by atoms with Gasteiger partial charge in [-0.2, -0.15) is 5.10 Å². The molecule has 0 saturated carbocycles. The monoisotopic (exact) mass is 241 g/mol. The number of ether oxygens (including phenoxy) is 1. The normalized spacial score (nSPS) is 10.3. The highest BCUT2D eigenvalue weighted by Gasteiger charge is 2.23. The second kappa shape index (κ2) is 5.44. The molecule has 0 radical (unpaired) electrons. The van der Waals surface area contributed by atoms with Gasteiger partial charge in [0.05, 0.1) is 18.4 Å². The van der Waals surface area contributed by atoms with E-state index in [4.69, 9.17) is 9.84 Å². The first kappa shape index (κ1) is 13.2. The van der Waals surface area contributed by atoms with Crippen molar-refractivity contribution in [1.29, 1.82) is 0 Å². The second-order valence-electron chi connectivity index (χ2n) is 3.56. The highest BCUT2D eigenvalue weighted by atomic mass is 16.5. The van der Waals surface area contributed by atoms with Crippen LogP contribution in [0.3, 0.4) is 0 Å². The number of amides is 1. The molecule has 1 amide bonds. The van der Waals surface area contributed by atoms with E-state index in [2.05, 4.69) is 5.10 Å². The number of aromatic carboxylic acids is 1. The highest BCUT2D eigenvalue weighted by molar-refractivity contribution is 6.03. The summed E-state index contributed by atoms with van der Waals surface area (Å²) in [7, 11) is 4.60. The largest absolute Gasteiger partial charge is 0.477 e. The molecule has 17 heavy (non-hydrogen) atoms. The van der Waals surface area contributed by atoms with Crippen molar-refractivity contribution in [2.75, 3.05) is 27.3 Å². The number of rotatable bonds is 5. The van der Waals surface area contributed by atoms with Gasteiger partial charge < -0.3 is 14.7 Å². The molecular formula is C10H15N3O4. The van der Waals surface area contributed by atoms with Gasteiger partial charge in [0.1, 0.15) is 0 Å². The molecule has 0 aliphatic rings. The number of carboxylic acid groups (broad SMARTS) is 1. The Bertz CT molecular complexity index is 427. The number of hydrogen-bond donors (Lipinski definition) is 1. The standard InChI is InChI=1S/C10H15N3O4/c1-12(4-5-17-3)9(14)7-6-11-13(2)8(7)10(15)16/h6H,4-5H2,1-3H3,(H,15,16). The minimum atomic E-state index is -1.17. The SMILES string of the molecule is COCCN(C)C(=O)c1cnn(C)c1C(=O)O. The Balaban J connectivity index is 2.92. The smallest absolute Gasteiger partial charge is 0.354 e. The lowest BCUT2D eigenvalue weighted by Gasteiger charge is -2.15. The van der Waals surface area contributed by atoms with E-state index in [9.17, 15) is 9.59 Å². The van der Waals surface area contributed by atoms with Gasteiger partial charge in [-0.25, -0.2) is 4.79 Å². The first-order valence-electron chi connectivity index (χ1n) is 4.98. The number of hydrogen-bond acceptors (Lipinski definition) is 4. The summed E-state index contributed by atoms with van der Waals surface area (Å²) in [5.41, 5.74) is -0.0298. The fourth-order valence-electron chi connectivity index (χ4n) is 1.38. The molecule has 0 aliphatic carbocycles. The zero-order chi connectivity index (χ0) is 13.0. The van der Waals surface area contributed by atoms with Gasteiger partial charge in [0.15, 0.2) is 5.69 Å². The molecule has 7 nitrogen and oxygen atoms in total. The van der Waals surface area contributed by atoms with Crippen LogP contribution in [0.5, 0.6) is 0 Å². The van der Waals surface area contributed by atoms with Crippen LogP contribution in [0.1, 0.15) is 20.8 Å². The summed E-state index contributed by atoms with van der Waals surface area (Å²) in [5.74, 6) is -1.55. The lowest BCUT2D eigenvalue weighted by atomic mass is 10.2. The van der Waals surface area contributed by atoms with E-state index in [-0.39, 0.29) is 17.2 Å². The number of carbonyl (C=O) groups excluding carboxylic acids is 1. The van der Waals surface area contributed by atoms with Crippen LogP contribution in [0.15, 0.2) is 6.20 Å². The minimum absolute atomic E-state index is 0.0820. The van der Waals surface area contributed by atoms with E-state index in [0.717, 1.165) is 0 Å². The third kappa shape index (κ3) is 2.82. The zero-order valence-corrected chi connectivity index (χ0v) is 10.0. The number of likely N-dealkylation sites (N-methyl/N-ethyl adjacent to an activating group) is 1. The maximum Gasteiger partial charge on any atom is 0.354 e. The molecule has 0 unspecified atom stereocenters. The second-order valence-corrected chi connectivity index (χ2v) is 3.56. The van der Waals surface area contributed by atoms with E-state index < -0.39 is 5.97 Å². The van der Waals surface area contributed by atoms with Crippen molar-refractivity contribution in [3.8, 4) is 0 Å². The first-order valence-corrected chi connectivity index (χ1v) is 4.98. The summed E-state index contributed by atoms with van der Waals surface area (Å²) in [5, 5.41) is 12.8. The van der Waals surface area contributed by atoms with Crippen molar-refractivity contribution in [2.45, 2.75) is 0 Å². The van der Waals surface area contributed by atoms with Crippen LogP contribution in [0.4, 0.5) is 0 Å². The van der Waals surface area contributed by atoms with Gasteiger partial charge in [0.25, 0.3) is 5.91 Å². The maximum absolute atomic E-state index is 11.9. The molecule has 1 aromatic heterocycles. The lowest BCUT2D eigenvalue weighted by Crippen LogP contribution is -2.31. The van der Waals surface area contributed by atoms with Crippen LogP contribution in [-0.4, -0.2) is 59.0 Å². The Morgan fingerprint density at radius 2 is 2.24 bits per heavy atom. The molecule has 1 heterocycles. The lowest BCUT2D eigenvalue weighted by molar-refractivity contribution is 0.0663. The molecule has 1 N–H and O–H groups in total. The van der Waals surface area contributed by atoms with Crippen LogP contribution >= 0.6 is 0 Å². The van der Waals surface area contributed by atoms with Crippen molar-refractivity contribution < 1.29 is 19.4 Å². The predicted octanol–water partition coefficient (Wildman–Crippen LogP) is -0.163. The van der Waals surface area contributed by atoms with Crippen LogP contribution in [0, 0.1) is 0 Å². The predicted molar refractivity (Wildman–Crippen MR) is 59.0 cm³/mol. The Hall–Kier alpha value is -1.89. The molecule has 7 heteroatoms. The number of methoxy groups -OCH3 is 1. The molecule has 0 saturated heterocycles. The van der Waals surface area contributed by atoms with Gasteiger partial charge in [-0.05, 0) is 0 Å². The summed E-state index contributed by atoms with van der Waals surface area (Å²) in [6.07, 6.45) is 1.26. The molecular weight excluding hydrogens is 226 g/mol. The molecule has 0 atom stereocenters. The number of carbonyl (C=O) groups is 2. The Morgan fingerprint density at radius 1 is 1.59 bits per heavy atom. The van der Waals surface area contributed by atoms with Crippen LogP contribution in [-0.2, 0) is 11.8 Å². The van der Waals surface area contributed by atoms with Gasteiger partial charge in [-0.1, -0.05) is 0 Å². The van der Waals surface area contributed by atoms with Gasteiger partial charge >= 0.3 is 5.97 Å². The molecule has 0 spiro atoms. The van der Waals surface area contributed by atoms with Gasteiger partial charge in [0.2, 0.25) is 0 Å². The fraction of sp³-hybridized carbons (Fsp3) is 0.500. The van der Waals surface area contributed by atoms with E-state index in [0.29, 0.717) is 13.2 Å².